The molecule has 1 aliphatic heterocycles. The van der Waals surface area contributed by atoms with Crippen molar-refractivity contribution < 1.29 is 22.7 Å². The van der Waals surface area contributed by atoms with Gasteiger partial charge in [0.1, 0.15) is 6.61 Å². The number of esters is 1. The fraction of sp³-hybridized carbons (Fsp3) is 0.368. The molecule has 1 aromatic carbocycles. The molecule has 2 atom stereocenters. The number of hydrogen-bond donors (Lipinski definition) is 0. The highest BCUT2D eigenvalue weighted by Crippen LogP contribution is 2.22. The summed E-state index contributed by atoms with van der Waals surface area (Å²) in [4.78, 5) is 16.4. The van der Waals surface area contributed by atoms with Crippen LogP contribution < -0.4 is 0 Å². The Morgan fingerprint density at radius 1 is 1.19 bits per heavy atom. The van der Waals surface area contributed by atoms with E-state index in [1.54, 1.807) is 24.4 Å². The van der Waals surface area contributed by atoms with Gasteiger partial charge in [-0.15, -0.1) is 0 Å². The average Bonchev–Trinajstić information content (AvgIpc) is 2.66. The fourth-order valence-electron chi connectivity index (χ4n) is 2.97. The summed E-state index contributed by atoms with van der Waals surface area (Å²) >= 11 is 0. The molecule has 0 spiro atoms. The van der Waals surface area contributed by atoms with Gasteiger partial charge in [-0.3, -0.25) is 4.98 Å². The maximum Gasteiger partial charge on any atom is 0.338 e. The molecule has 7 nitrogen and oxygen atoms in total. The van der Waals surface area contributed by atoms with Gasteiger partial charge in [-0.05, 0) is 44.2 Å². The first kappa shape index (κ1) is 19.5. The molecule has 1 fully saturated rings. The third-order valence-electron chi connectivity index (χ3n) is 4.17. The number of morpholine rings is 1. The lowest BCUT2D eigenvalue weighted by Crippen LogP contribution is -2.48. The predicted molar refractivity (Wildman–Crippen MR) is 98.6 cm³/mol. The van der Waals surface area contributed by atoms with Gasteiger partial charge < -0.3 is 9.47 Å². The molecule has 1 aromatic heterocycles. The topological polar surface area (TPSA) is 85.8 Å². The lowest BCUT2D eigenvalue weighted by atomic mass is 10.2. The normalized spacial score (nSPS) is 21.0. The highest BCUT2D eigenvalue weighted by Gasteiger charge is 2.32. The lowest BCUT2D eigenvalue weighted by Gasteiger charge is -2.34. The molecule has 0 aliphatic carbocycles. The summed E-state index contributed by atoms with van der Waals surface area (Å²) < 4.78 is 38.1. The zero-order chi connectivity index (χ0) is 19.4. The molecule has 1 saturated heterocycles. The van der Waals surface area contributed by atoms with Crippen molar-refractivity contribution in [3.05, 3.63) is 59.9 Å². The summed E-state index contributed by atoms with van der Waals surface area (Å²) in [5.41, 5.74) is 0.798. The first-order valence-corrected chi connectivity index (χ1v) is 10.1. The Balaban J connectivity index is 1.75. The molecule has 8 heteroatoms. The van der Waals surface area contributed by atoms with Crippen LogP contribution >= 0.6 is 0 Å². The third-order valence-corrected chi connectivity index (χ3v) is 6.00. The Labute approximate surface area is 159 Å². The number of pyridine rings is 1. The molecule has 2 heterocycles. The second-order valence-electron chi connectivity index (χ2n) is 6.50. The maximum atomic E-state index is 12.9. The van der Waals surface area contributed by atoms with Gasteiger partial charge in [0.15, 0.2) is 0 Å². The number of rotatable bonds is 5. The molecule has 0 radical (unpaired) electrons. The summed E-state index contributed by atoms with van der Waals surface area (Å²) in [6.45, 7) is 4.25. The summed E-state index contributed by atoms with van der Waals surface area (Å²) in [7, 11) is -3.72. The van der Waals surface area contributed by atoms with Crippen LogP contribution in [0.3, 0.4) is 0 Å². The fourth-order valence-corrected chi connectivity index (χ4v) is 4.60. The second kappa shape index (κ2) is 8.16. The van der Waals surface area contributed by atoms with Crippen molar-refractivity contribution in [2.45, 2.75) is 37.6 Å². The number of benzene rings is 1. The van der Waals surface area contributed by atoms with Gasteiger partial charge in [0, 0.05) is 19.3 Å². The van der Waals surface area contributed by atoms with Crippen molar-refractivity contribution in [2.24, 2.45) is 0 Å². The van der Waals surface area contributed by atoms with E-state index in [1.165, 1.54) is 28.6 Å². The van der Waals surface area contributed by atoms with E-state index < -0.39 is 16.0 Å². The van der Waals surface area contributed by atoms with Crippen molar-refractivity contribution in [1.29, 1.82) is 0 Å². The number of nitrogens with zero attached hydrogens (tertiary/aromatic N) is 2. The van der Waals surface area contributed by atoms with E-state index in [9.17, 15) is 13.2 Å². The lowest BCUT2D eigenvalue weighted by molar-refractivity contribution is -0.0440. The Morgan fingerprint density at radius 2 is 1.93 bits per heavy atom. The number of carbonyl (C=O) groups excluding carboxylic acids is 1. The Hall–Kier alpha value is -2.29. The molecule has 0 amide bonds. The minimum absolute atomic E-state index is 0.0230. The van der Waals surface area contributed by atoms with Crippen LogP contribution in [0.4, 0.5) is 0 Å². The van der Waals surface area contributed by atoms with Gasteiger partial charge in [0.2, 0.25) is 10.0 Å². The Morgan fingerprint density at radius 3 is 2.59 bits per heavy atom. The SMILES string of the molecule is CC1CN(S(=O)(=O)c2cccc(C(=O)OCc3ccccn3)c2)CC(C)O1. The van der Waals surface area contributed by atoms with Crippen molar-refractivity contribution in [3.8, 4) is 0 Å². The van der Waals surface area contributed by atoms with E-state index in [-0.39, 0.29) is 42.4 Å². The monoisotopic (exact) mass is 390 g/mol. The van der Waals surface area contributed by atoms with Gasteiger partial charge in [-0.25, -0.2) is 13.2 Å². The van der Waals surface area contributed by atoms with Crippen LogP contribution in [0, 0.1) is 0 Å². The van der Waals surface area contributed by atoms with Crippen molar-refractivity contribution in [2.75, 3.05) is 13.1 Å². The molecule has 1 aliphatic rings. The molecule has 0 N–H and O–H groups in total. The molecular weight excluding hydrogens is 368 g/mol. The number of hydrogen-bond acceptors (Lipinski definition) is 6. The smallest absolute Gasteiger partial charge is 0.338 e. The number of ether oxygens (including phenoxy) is 2. The van der Waals surface area contributed by atoms with E-state index in [4.69, 9.17) is 9.47 Å². The summed E-state index contributed by atoms with van der Waals surface area (Å²) in [5, 5.41) is 0. The second-order valence-corrected chi connectivity index (χ2v) is 8.44. The standard InChI is InChI=1S/C19H22N2O5S/c1-14-11-21(12-15(2)26-14)27(23,24)18-8-5-6-16(10-18)19(22)25-13-17-7-3-4-9-20-17/h3-10,14-15H,11-13H2,1-2H3. The van der Waals surface area contributed by atoms with Crippen LogP contribution in [0.1, 0.15) is 29.9 Å². The average molecular weight is 390 g/mol. The molecule has 2 aromatic rings. The summed E-state index contributed by atoms with van der Waals surface area (Å²) in [6, 6.07) is 11.2. The van der Waals surface area contributed by atoms with Gasteiger partial charge in [0.05, 0.1) is 28.4 Å². The number of sulfonamides is 1. The third kappa shape index (κ3) is 4.71. The van der Waals surface area contributed by atoms with Gasteiger partial charge in [-0.1, -0.05) is 12.1 Å². The first-order chi connectivity index (χ1) is 12.9. The van der Waals surface area contributed by atoms with Crippen LogP contribution in [0.15, 0.2) is 53.6 Å². The van der Waals surface area contributed by atoms with Gasteiger partial charge >= 0.3 is 5.97 Å². The minimum Gasteiger partial charge on any atom is -0.456 e. The van der Waals surface area contributed by atoms with Crippen LogP contribution in [0.2, 0.25) is 0 Å². The van der Waals surface area contributed by atoms with Crippen LogP contribution in [0.5, 0.6) is 0 Å². The number of carbonyl (C=O) groups is 1. The largest absolute Gasteiger partial charge is 0.456 e. The van der Waals surface area contributed by atoms with E-state index in [0.29, 0.717) is 5.69 Å². The molecule has 0 bridgehead atoms. The zero-order valence-electron chi connectivity index (χ0n) is 15.2. The van der Waals surface area contributed by atoms with Crippen LogP contribution in [-0.2, 0) is 26.1 Å². The van der Waals surface area contributed by atoms with E-state index >= 15 is 0 Å². The Kier molecular flexibility index (Phi) is 5.88. The highest BCUT2D eigenvalue weighted by molar-refractivity contribution is 7.89. The first-order valence-electron chi connectivity index (χ1n) is 8.69. The molecule has 27 heavy (non-hydrogen) atoms. The highest BCUT2D eigenvalue weighted by atomic mass is 32.2. The van der Waals surface area contributed by atoms with E-state index in [2.05, 4.69) is 4.98 Å². The van der Waals surface area contributed by atoms with Crippen LogP contribution in [-0.4, -0.2) is 49.0 Å². The predicted octanol–water partition coefficient (Wildman–Crippen LogP) is 2.24. The Bertz CT molecular complexity index is 891. The quantitative estimate of drug-likeness (QED) is 0.728. The van der Waals surface area contributed by atoms with Crippen molar-refractivity contribution in [3.63, 3.8) is 0 Å². The van der Waals surface area contributed by atoms with Crippen LogP contribution in [0.25, 0.3) is 0 Å². The number of aromatic nitrogens is 1. The zero-order valence-corrected chi connectivity index (χ0v) is 16.1. The van der Waals surface area contributed by atoms with E-state index in [0.717, 1.165) is 0 Å². The molecular formula is C19H22N2O5S. The molecule has 3 rings (SSSR count). The summed E-state index contributed by atoms with van der Waals surface area (Å²) in [5.74, 6) is -0.596. The maximum absolute atomic E-state index is 12.9. The van der Waals surface area contributed by atoms with E-state index in [1.807, 2.05) is 13.8 Å². The molecule has 144 valence electrons. The molecule has 2 unspecified atom stereocenters. The molecule has 0 saturated carbocycles. The van der Waals surface area contributed by atoms with Gasteiger partial charge in [-0.2, -0.15) is 4.31 Å². The van der Waals surface area contributed by atoms with Crippen molar-refractivity contribution >= 4 is 16.0 Å². The summed E-state index contributed by atoms with van der Waals surface area (Å²) in [6.07, 6.45) is 1.24. The van der Waals surface area contributed by atoms with Crippen molar-refractivity contribution in [1.82, 2.24) is 9.29 Å². The van der Waals surface area contributed by atoms with Gasteiger partial charge in [0.25, 0.3) is 0 Å². The minimum atomic E-state index is -3.72.